The van der Waals surface area contributed by atoms with Gasteiger partial charge in [0.15, 0.2) is 0 Å². The van der Waals surface area contributed by atoms with E-state index in [1.807, 2.05) is 74.6 Å². The van der Waals surface area contributed by atoms with Crippen molar-refractivity contribution in [3.63, 3.8) is 0 Å². The number of carbonyl (C=O) groups is 1. The van der Waals surface area contributed by atoms with Crippen LogP contribution in [0, 0.1) is 5.92 Å². The number of anilines is 1. The lowest BCUT2D eigenvalue weighted by Gasteiger charge is -2.24. The van der Waals surface area contributed by atoms with Gasteiger partial charge < -0.3 is 10.0 Å². The molecule has 3 nitrogen and oxygen atoms in total. The van der Waals surface area contributed by atoms with Crippen molar-refractivity contribution in [2.45, 2.75) is 6.92 Å². The van der Waals surface area contributed by atoms with Crippen LogP contribution in [-0.2, 0) is 4.79 Å². The molecule has 0 aromatic heterocycles. The van der Waals surface area contributed by atoms with Crippen LogP contribution in [0.3, 0.4) is 0 Å². The van der Waals surface area contributed by atoms with E-state index in [4.69, 9.17) is 0 Å². The summed E-state index contributed by atoms with van der Waals surface area (Å²) in [7, 11) is 1.98. The molecule has 0 heterocycles. The largest absolute Gasteiger partial charge is 0.478 e. The zero-order valence-corrected chi connectivity index (χ0v) is 12.9. The minimum absolute atomic E-state index is 0.0806. The van der Waals surface area contributed by atoms with Crippen LogP contribution in [-0.4, -0.2) is 24.7 Å². The van der Waals surface area contributed by atoms with Gasteiger partial charge in [0.25, 0.3) is 0 Å². The second-order valence-electron chi connectivity index (χ2n) is 5.43. The summed E-state index contributed by atoms with van der Waals surface area (Å²) in [5, 5.41) is 9.50. The first-order valence-corrected chi connectivity index (χ1v) is 7.34. The van der Waals surface area contributed by atoms with Crippen molar-refractivity contribution in [1.82, 2.24) is 0 Å². The topological polar surface area (TPSA) is 40.5 Å². The molecular formula is C19H21NO2. The Bertz CT molecular complexity index is 635. The average molecular weight is 295 g/mol. The predicted molar refractivity (Wildman–Crippen MR) is 90.9 cm³/mol. The molecule has 1 unspecified atom stereocenters. The lowest BCUT2D eigenvalue weighted by molar-refractivity contribution is -0.133. The van der Waals surface area contributed by atoms with Crippen LogP contribution in [0.1, 0.15) is 12.5 Å². The van der Waals surface area contributed by atoms with E-state index < -0.39 is 5.97 Å². The van der Waals surface area contributed by atoms with Crippen LogP contribution in [0.5, 0.6) is 0 Å². The summed E-state index contributed by atoms with van der Waals surface area (Å²) >= 11 is 0. The van der Waals surface area contributed by atoms with Gasteiger partial charge in [-0.1, -0.05) is 55.5 Å². The van der Waals surface area contributed by atoms with E-state index in [1.54, 1.807) is 6.08 Å². The number of hydrogen-bond acceptors (Lipinski definition) is 2. The van der Waals surface area contributed by atoms with Gasteiger partial charge in [-0.25, -0.2) is 4.79 Å². The highest BCUT2D eigenvalue weighted by Gasteiger charge is 2.18. The molecule has 2 aromatic carbocycles. The molecule has 0 aliphatic rings. The molecule has 3 heteroatoms. The molecule has 0 aliphatic carbocycles. The molecule has 0 aliphatic heterocycles. The van der Waals surface area contributed by atoms with Crippen LogP contribution >= 0.6 is 0 Å². The average Bonchev–Trinajstić information content (AvgIpc) is 2.54. The summed E-state index contributed by atoms with van der Waals surface area (Å²) in [6.07, 6.45) is 1.76. The first-order chi connectivity index (χ1) is 10.6. The van der Waals surface area contributed by atoms with E-state index in [9.17, 15) is 9.90 Å². The van der Waals surface area contributed by atoms with Crippen LogP contribution in [0.2, 0.25) is 0 Å². The molecule has 1 N–H and O–H groups in total. The fourth-order valence-electron chi connectivity index (χ4n) is 2.44. The number of rotatable bonds is 6. The Morgan fingerprint density at radius 2 is 1.64 bits per heavy atom. The van der Waals surface area contributed by atoms with Gasteiger partial charge in [0, 0.05) is 30.8 Å². The highest BCUT2D eigenvalue weighted by atomic mass is 16.4. The molecular weight excluding hydrogens is 274 g/mol. The fraction of sp³-hybridized carbons (Fsp3) is 0.211. The molecule has 0 fully saturated rings. The van der Waals surface area contributed by atoms with Gasteiger partial charge in [0.2, 0.25) is 0 Å². The minimum atomic E-state index is -0.863. The quantitative estimate of drug-likeness (QED) is 0.821. The number of hydrogen-bond donors (Lipinski definition) is 1. The van der Waals surface area contributed by atoms with Gasteiger partial charge in [0.05, 0.1) is 0 Å². The number of benzene rings is 2. The molecule has 0 spiro atoms. The number of carboxylic acid groups (broad SMARTS) is 1. The second kappa shape index (κ2) is 7.46. The number of aliphatic carboxylic acids is 1. The van der Waals surface area contributed by atoms with Gasteiger partial charge in [-0.2, -0.15) is 0 Å². The van der Waals surface area contributed by atoms with Crippen molar-refractivity contribution in [3.05, 3.63) is 71.8 Å². The first kappa shape index (κ1) is 15.8. The third-order valence-corrected chi connectivity index (χ3v) is 3.64. The second-order valence-corrected chi connectivity index (χ2v) is 5.43. The van der Waals surface area contributed by atoms with E-state index in [0.717, 1.165) is 11.3 Å². The summed E-state index contributed by atoms with van der Waals surface area (Å²) < 4.78 is 0. The Morgan fingerprint density at radius 3 is 2.18 bits per heavy atom. The summed E-state index contributed by atoms with van der Waals surface area (Å²) in [6.45, 7) is 2.59. The molecule has 0 amide bonds. The molecule has 2 aromatic rings. The van der Waals surface area contributed by atoms with Gasteiger partial charge >= 0.3 is 5.97 Å². The number of nitrogens with zero attached hydrogens (tertiary/aromatic N) is 1. The summed E-state index contributed by atoms with van der Waals surface area (Å²) in [4.78, 5) is 13.7. The molecule has 114 valence electrons. The van der Waals surface area contributed by atoms with Crippen molar-refractivity contribution >= 4 is 17.7 Å². The zero-order chi connectivity index (χ0) is 15.9. The van der Waals surface area contributed by atoms with Crippen molar-refractivity contribution < 1.29 is 9.90 Å². The summed E-state index contributed by atoms with van der Waals surface area (Å²) in [6, 6.07) is 19.5. The van der Waals surface area contributed by atoms with Crippen LogP contribution in [0.25, 0.3) is 6.08 Å². The third kappa shape index (κ3) is 4.22. The maximum atomic E-state index is 11.6. The predicted octanol–water partition coefficient (Wildman–Crippen LogP) is 3.93. The Morgan fingerprint density at radius 1 is 1.09 bits per heavy atom. The lowest BCUT2D eigenvalue weighted by Crippen LogP contribution is -2.27. The third-order valence-electron chi connectivity index (χ3n) is 3.64. The van der Waals surface area contributed by atoms with Crippen molar-refractivity contribution in [3.8, 4) is 0 Å². The van der Waals surface area contributed by atoms with E-state index >= 15 is 0 Å². The Balaban J connectivity index is 2.15. The van der Waals surface area contributed by atoms with Gasteiger partial charge in [-0.15, -0.1) is 0 Å². The van der Waals surface area contributed by atoms with Gasteiger partial charge in [-0.3, -0.25) is 0 Å². The summed E-state index contributed by atoms with van der Waals surface area (Å²) in [5.41, 5.74) is 2.42. The minimum Gasteiger partial charge on any atom is -0.478 e. The standard InChI is InChI=1S/C19H21NO2/c1-15(14-20(2)17-11-7-4-8-12-17)18(19(21)22)13-16-9-5-3-6-10-16/h3-13,15H,14H2,1-2H3,(H,21,22). The smallest absolute Gasteiger partial charge is 0.331 e. The van der Waals surface area contributed by atoms with E-state index in [0.29, 0.717) is 12.1 Å². The molecule has 0 saturated heterocycles. The number of carboxylic acids is 1. The Kier molecular flexibility index (Phi) is 5.37. The molecule has 0 saturated carbocycles. The van der Waals surface area contributed by atoms with E-state index in [1.165, 1.54) is 0 Å². The highest BCUT2D eigenvalue weighted by Crippen LogP contribution is 2.19. The lowest BCUT2D eigenvalue weighted by atomic mass is 9.98. The van der Waals surface area contributed by atoms with Gasteiger partial charge in [0.1, 0.15) is 0 Å². The Hall–Kier alpha value is -2.55. The molecule has 1 atom stereocenters. The maximum absolute atomic E-state index is 11.6. The molecule has 22 heavy (non-hydrogen) atoms. The van der Waals surface area contributed by atoms with Crippen molar-refractivity contribution in [2.75, 3.05) is 18.5 Å². The molecule has 2 rings (SSSR count). The fourth-order valence-corrected chi connectivity index (χ4v) is 2.44. The normalized spacial score (nSPS) is 12.7. The van der Waals surface area contributed by atoms with Crippen LogP contribution in [0.15, 0.2) is 66.2 Å². The first-order valence-electron chi connectivity index (χ1n) is 7.34. The van der Waals surface area contributed by atoms with Crippen molar-refractivity contribution in [1.29, 1.82) is 0 Å². The SMILES string of the molecule is CC(CN(C)c1ccccc1)C(=Cc1ccccc1)C(=O)O. The molecule has 0 radical (unpaired) electrons. The maximum Gasteiger partial charge on any atom is 0.331 e. The number of para-hydroxylation sites is 1. The van der Waals surface area contributed by atoms with E-state index in [2.05, 4.69) is 4.90 Å². The van der Waals surface area contributed by atoms with Gasteiger partial charge in [-0.05, 0) is 23.8 Å². The monoisotopic (exact) mass is 295 g/mol. The van der Waals surface area contributed by atoms with Crippen LogP contribution in [0.4, 0.5) is 5.69 Å². The van der Waals surface area contributed by atoms with E-state index in [-0.39, 0.29) is 5.92 Å². The summed E-state index contributed by atoms with van der Waals surface area (Å²) in [5.74, 6) is -0.944. The van der Waals surface area contributed by atoms with Crippen molar-refractivity contribution in [2.24, 2.45) is 5.92 Å². The molecule has 0 bridgehead atoms. The van der Waals surface area contributed by atoms with Crippen LogP contribution < -0.4 is 4.90 Å². The zero-order valence-electron chi connectivity index (χ0n) is 12.9. The highest BCUT2D eigenvalue weighted by molar-refractivity contribution is 5.92. The Labute approximate surface area is 131 Å².